The highest BCUT2D eigenvalue weighted by Gasteiger charge is 1.95. The lowest BCUT2D eigenvalue weighted by atomic mass is 10.2. The fraction of sp³-hybridized carbons (Fsp3) is 0.200. The molecular weight excluding hydrogens is 178 g/mol. The maximum Gasteiger partial charge on any atom is 0.113 e. The quantitative estimate of drug-likeness (QED) is 0.646. The van der Waals surface area contributed by atoms with Gasteiger partial charge in [0.25, 0.3) is 0 Å². The first-order valence-electron chi connectivity index (χ1n) is 4.29. The first-order chi connectivity index (χ1) is 6.90. The molecule has 2 N–H and O–H groups in total. The number of hydrogen-bond acceptors (Lipinski definition) is 3. The maximum atomic E-state index is 8.55. The summed E-state index contributed by atoms with van der Waals surface area (Å²) in [6.45, 7) is 0.0843. The van der Waals surface area contributed by atoms with Crippen molar-refractivity contribution >= 4 is 10.9 Å². The van der Waals surface area contributed by atoms with Gasteiger partial charge in [-0.3, -0.25) is 5.10 Å². The van der Waals surface area contributed by atoms with E-state index in [0.717, 1.165) is 10.9 Å². The normalized spacial score (nSPS) is 9.79. The van der Waals surface area contributed by atoms with Crippen molar-refractivity contribution in [3.8, 4) is 11.8 Å². The summed E-state index contributed by atoms with van der Waals surface area (Å²) in [5, 5.41) is 16.2. The minimum atomic E-state index is 0.0843. The van der Waals surface area contributed by atoms with E-state index in [4.69, 9.17) is 5.11 Å². The number of rotatable bonds is 1. The van der Waals surface area contributed by atoms with Gasteiger partial charge in [0.15, 0.2) is 0 Å². The summed E-state index contributed by atoms with van der Waals surface area (Å²) < 4.78 is 0. The lowest BCUT2D eigenvalue weighted by Gasteiger charge is -1.89. The number of aromatic nitrogens is 3. The Hall–Kier alpha value is -1.86. The zero-order chi connectivity index (χ0) is 9.80. The van der Waals surface area contributed by atoms with Gasteiger partial charge in [0.05, 0.1) is 24.5 Å². The fourth-order valence-corrected chi connectivity index (χ4v) is 1.12. The number of hydrogen-bond donors (Lipinski definition) is 2. The van der Waals surface area contributed by atoms with Crippen LogP contribution < -0.4 is 0 Å². The summed E-state index contributed by atoms with van der Waals surface area (Å²) in [5.74, 6) is 5.68. The number of nitrogens with one attached hydrogen (secondary N) is 1. The van der Waals surface area contributed by atoms with Crippen LogP contribution in [0.5, 0.6) is 0 Å². The van der Waals surface area contributed by atoms with E-state index in [9.17, 15) is 0 Å². The largest absolute Gasteiger partial charge is 0.395 e. The van der Waals surface area contributed by atoms with Gasteiger partial charge >= 0.3 is 0 Å². The third kappa shape index (κ3) is 1.73. The van der Waals surface area contributed by atoms with Crippen LogP contribution in [0.25, 0.3) is 10.9 Å². The Balaban J connectivity index is 2.31. The third-order valence-corrected chi connectivity index (χ3v) is 1.78. The van der Waals surface area contributed by atoms with Crippen LogP contribution in [-0.4, -0.2) is 26.9 Å². The second kappa shape index (κ2) is 3.90. The van der Waals surface area contributed by atoms with Crippen LogP contribution in [0.15, 0.2) is 18.5 Å². The van der Waals surface area contributed by atoms with Crippen molar-refractivity contribution < 1.29 is 5.11 Å². The Bertz CT molecular complexity index is 493. The molecule has 70 valence electrons. The SMILES string of the molecule is OCCC#Cc1cc2cn[nH]c2cn1. The highest BCUT2D eigenvalue weighted by molar-refractivity contribution is 5.77. The molecule has 2 aromatic heterocycles. The van der Waals surface area contributed by atoms with Gasteiger partial charge in [-0.2, -0.15) is 5.10 Å². The fourth-order valence-electron chi connectivity index (χ4n) is 1.12. The molecule has 0 radical (unpaired) electrons. The van der Waals surface area contributed by atoms with E-state index < -0.39 is 0 Å². The van der Waals surface area contributed by atoms with Crippen molar-refractivity contribution in [1.29, 1.82) is 0 Å². The highest BCUT2D eigenvalue weighted by atomic mass is 16.2. The molecule has 2 heterocycles. The van der Waals surface area contributed by atoms with E-state index in [2.05, 4.69) is 27.0 Å². The van der Waals surface area contributed by atoms with E-state index in [1.165, 1.54) is 0 Å². The monoisotopic (exact) mass is 187 g/mol. The Morgan fingerprint density at radius 3 is 3.21 bits per heavy atom. The number of aliphatic hydroxyl groups excluding tert-OH is 1. The number of fused-ring (bicyclic) bond motifs is 1. The minimum absolute atomic E-state index is 0.0843. The zero-order valence-electron chi connectivity index (χ0n) is 7.49. The van der Waals surface area contributed by atoms with E-state index in [1.807, 2.05) is 6.07 Å². The minimum Gasteiger partial charge on any atom is -0.395 e. The Morgan fingerprint density at radius 2 is 2.36 bits per heavy atom. The molecule has 14 heavy (non-hydrogen) atoms. The van der Waals surface area contributed by atoms with Gasteiger partial charge in [0, 0.05) is 11.8 Å². The van der Waals surface area contributed by atoms with Gasteiger partial charge in [-0.25, -0.2) is 4.98 Å². The van der Waals surface area contributed by atoms with Crippen LogP contribution in [0, 0.1) is 11.8 Å². The molecule has 0 unspecified atom stereocenters. The summed E-state index contributed by atoms with van der Waals surface area (Å²) in [5.41, 5.74) is 1.60. The average Bonchev–Trinajstić information content (AvgIpc) is 2.65. The number of pyridine rings is 1. The molecule has 0 bridgehead atoms. The second-order valence-electron chi connectivity index (χ2n) is 2.80. The molecule has 4 heteroatoms. The van der Waals surface area contributed by atoms with Crippen LogP contribution in [0.3, 0.4) is 0 Å². The summed E-state index contributed by atoms with van der Waals surface area (Å²) in [6.07, 6.45) is 3.91. The van der Waals surface area contributed by atoms with E-state index in [-0.39, 0.29) is 6.61 Å². The summed E-state index contributed by atoms with van der Waals surface area (Å²) >= 11 is 0. The molecule has 0 aromatic carbocycles. The van der Waals surface area contributed by atoms with E-state index in [0.29, 0.717) is 12.1 Å². The first-order valence-corrected chi connectivity index (χ1v) is 4.29. The molecule has 0 aliphatic rings. The molecular formula is C10H9N3O. The lowest BCUT2D eigenvalue weighted by Crippen LogP contribution is -1.82. The molecule has 0 fully saturated rings. The predicted octanol–water partition coefficient (Wildman–Crippen LogP) is 0.692. The Kier molecular flexibility index (Phi) is 2.43. The van der Waals surface area contributed by atoms with Crippen molar-refractivity contribution in [2.24, 2.45) is 0 Å². The lowest BCUT2D eigenvalue weighted by molar-refractivity contribution is 0.305. The predicted molar refractivity (Wildman–Crippen MR) is 52.5 cm³/mol. The third-order valence-electron chi connectivity index (χ3n) is 1.78. The van der Waals surface area contributed by atoms with Gasteiger partial charge in [0.1, 0.15) is 5.69 Å². The highest BCUT2D eigenvalue weighted by Crippen LogP contribution is 2.08. The van der Waals surface area contributed by atoms with Crippen molar-refractivity contribution in [2.75, 3.05) is 6.61 Å². The topological polar surface area (TPSA) is 61.8 Å². The van der Waals surface area contributed by atoms with Crippen molar-refractivity contribution in [1.82, 2.24) is 15.2 Å². The standard InChI is InChI=1S/C10H9N3O/c14-4-2-1-3-9-5-8-6-12-13-10(8)7-11-9/h5-7,14H,2,4H2,(H,12,13). The number of H-pyrrole nitrogens is 1. The van der Waals surface area contributed by atoms with Gasteiger partial charge < -0.3 is 5.11 Å². The summed E-state index contributed by atoms with van der Waals surface area (Å²) in [7, 11) is 0. The second-order valence-corrected chi connectivity index (χ2v) is 2.80. The molecule has 0 amide bonds. The van der Waals surface area contributed by atoms with Crippen LogP contribution in [-0.2, 0) is 0 Å². The van der Waals surface area contributed by atoms with Crippen molar-refractivity contribution in [3.05, 3.63) is 24.2 Å². The summed E-state index contributed by atoms with van der Waals surface area (Å²) in [6, 6.07) is 1.86. The molecule has 2 rings (SSSR count). The smallest absolute Gasteiger partial charge is 0.113 e. The number of aliphatic hydroxyl groups is 1. The molecule has 0 saturated heterocycles. The van der Waals surface area contributed by atoms with Gasteiger partial charge in [-0.15, -0.1) is 0 Å². The summed E-state index contributed by atoms with van der Waals surface area (Å²) in [4.78, 5) is 4.12. The van der Waals surface area contributed by atoms with Gasteiger partial charge in [-0.1, -0.05) is 5.92 Å². The van der Waals surface area contributed by atoms with Gasteiger partial charge in [-0.05, 0) is 12.0 Å². The average molecular weight is 187 g/mol. The first kappa shape index (κ1) is 8.73. The molecule has 0 aliphatic heterocycles. The number of aromatic amines is 1. The molecule has 2 aromatic rings. The Morgan fingerprint density at radius 1 is 1.43 bits per heavy atom. The van der Waals surface area contributed by atoms with Gasteiger partial charge in [0.2, 0.25) is 0 Å². The maximum absolute atomic E-state index is 8.55. The Labute approximate surface area is 81.0 Å². The van der Waals surface area contributed by atoms with E-state index >= 15 is 0 Å². The molecule has 0 saturated carbocycles. The van der Waals surface area contributed by atoms with Crippen LogP contribution in [0.2, 0.25) is 0 Å². The zero-order valence-corrected chi connectivity index (χ0v) is 7.49. The molecule has 0 aliphatic carbocycles. The van der Waals surface area contributed by atoms with Crippen LogP contribution in [0.4, 0.5) is 0 Å². The van der Waals surface area contributed by atoms with Crippen LogP contribution in [0.1, 0.15) is 12.1 Å². The van der Waals surface area contributed by atoms with Crippen molar-refractivity contribution in [2.45, 2.75) is 6.42 Å². The van der Waals surface area contributed by atoms with E-state index in [1.54, 1.807) is 12.4 Å². The van der Waals surface area contributed by atoms with Crippen LogP contribution >= 0.6 is 0 Å². The molecule has 0 spiro atoms. The number of nitrogens with zero attached hydrogens (tertiary/aromatic N) is 2. The van der Waals surface area contributed by atoms with Crippen molar-refractivity contribution in [3.63, 3.8) is 0 Å². The molecule has 4 nitrogen and oxygen atoms in total. The molecule has 0 atom stereocenters.